The molecule has 0 unspecified atom stereocenters. The maximum atomic E-state index is 11.7. The van der Waals surface area contributed by atoms with Gasteiger partial charge >= 0.3 is 12.0 Å². The van der Waals surface area contributed by atoms with Gasteiger partial charge in [0.15, 0.2) is 5.69 Å². The first-order valence-electron chi connectivity index (χ1n) is 5.96. The van der Waals surface area contributed by atoms with Crippen molar-refractivity contribution in [1.29, 1.82) is 0 Å². The Morgan fingerprint density at radius 3 is 2.45 bits per heavy atom. The van der Waals surface area contributed by atoms with Gasteiger partial charge in [-0.1, -0.05) is 5.21 Å². The van der Waals surface area contributed by atoms with Crippen LogP contribution in [0.3, 0.4) is 0 Å². The number of rotatable bonds is 8. The number of urea groups is 1. The second-order valence-electron chi connectivity index (χ2n) is 3.84. The van der Waals surface area contributed by atoms with Crippen molar-refractivity contribution in [1.82, 2.24) is 25.2 Å². The van der Waals surface area contributed by atoms with Crippen LogP contribution < -0.4 is 5.32 Å². The molecule has 0 saturated carbocycles. The molecule has 1 heterocycles. The average molecular weight is 287 g/mol. The van der Waals surface area contributed by atoms with E-state index in [1.807, 2.05) is 0 Å². The number of hydrogen-bond donors (Lipinski definition) is 4. The number of carboxylic acid groups (broad SMARTS) is 1. The first kappa shape index (κ1) is 15.9. The molecule has 10 nitrogen and oxygen atoms in total. The molecule has 0 aliphatic heterocycles. The molecular formula is C10H17N5O5. The van der Waals surface area contributed by atoms with Crippen molar-refractivity contribution in [3.05, 3.63) is 11.9 Å². The molecule has 20 heavy (non-hydrogen) atoms. The molecule has 2 amide bonds. The van der Waals surface area contributed by atoms with E-state index in [0.717, 1.165) is 0 Å². The summed E-state index contributed by atoms with van der Waals surface area (Å²) >= 11 is 0. The summed E-state index contributed by atoms with van der Waals surface area (Å²) in [6, 6.07) is -0.424. The third-order valence-electron chi connectivity index (χ3n) is 2.40. The predicted octanol–water partition coefficient (Wildman–Crippen LogP) is -2.03. The SMILES string of the molecule is O=C(O)c1cn(CCNC(=O)N(CCO)CCO)nn1. The van der Waals surface area contributed by atoms with Crippen LogP contribution in [0.15, 0.2) is 6.20 Å². The van der Waals surface area contributed by atoms with Crippen molar-refractivity contribution in [2.75, 3.05) is 32.8 Å². The molecule has 0 spiro atoms. The summed E-state index contributed by atoms with van der Waals surface area (Å²) in [5.41, 5.74) is -0.168. The van der Waals surface area contributed by atoms with Crippen molar-refractivity contribution >= 4 is 12.0 Å². The Morgan fingerprint density at radius 1 is 1.30 bits per heavy atom. The minimum Gasteiger partial charge on any atom is -0.476 e. The van der Waals surface area contributed by atoms with Crippen molar-refractivity contribution < 1.29 is 24.9 Å². The lowest BCUT2D eigenvalue weighted by Crippen LogP contribution is -2.43. The van der Waals surface area contributed by atoms with E-state index in [9.17, 15) is 9.59 Å². The number of amides is 2. The molecule has 0 saturated heterocycles. The Morgan fingerprint density at radius 2 is 1.95 bits per heavy atom. The summed E-state index contributed by atoms with van der Waals surface area (Å²) in [7, 11) is 0. The Hall–Kier alpha value is -2.20. The quantitative estimate of drug-likeness (QED) is 0.432. The molecule has 4 N–H and O–H groups in total. The second kappa shape index (κ2) is 8.07. The Bertz CT molecular complexity index is 443. The van der Waals surface area contributed by atoms with Gasteiger partial charge in [-0.15, -0.1) is 5.10 Å². The van der Waals surface area contributed by atoms with E-state index in [-0.39, 0.29) is 45.1 Å². The number of nitrogens with zero attached hydrogens (tertiary/aromatic N) is 4. The number of carbonyl (C=O) groups excluding carboxylic acids is 1. The van der Waals surface area contributed by atoms with Crippen LogP contribution in [0.4, 0.5) is 4.79 Å². The molecule has 0 fully saturated rings. The first-order chi connectivity index (χ1) is 9.58. The molecule has 1 rings (SSSR count). The molecule has 0 atom stereocenters. The smallest absolute Gasteiger partial charge is 0.358 e. The summed E-state index contributed by atoms with van der Waals surface area (Å²) in [6.07, 6.45) is 1.26. The molecule has 0 aliphatic carbocycles. The van der Waals surface area contributed by atoms with Gasteiger partial charge in [0.05, 0.1) is 26.0 Å². The fraction of sp³-hybridized carbons (Fsp3) is 0.600. The van der Waals surface area contributed by atoms with E-state index in [0.29, 0.717) is 0 Å². The largest absolute Gasteiger partial charge is 0.476 e. The highest BCUT2D eigenvalue weighted by molar-refractivity contribution is 5.84. The number of aliphatic hydroxyl groups is 2. The second-order valence-corrected chi connectivity index (χ2v) is 3.84. The van der Waals surface area contributed by atoms with E-state index >= 15 is 0 Å². The highest BCUT2D eigenvalue weighted by Gasteiger charge is 2.12. The van der Waals surface area contributed by atoms with Crippen LogP contribution in [-0.4, -0.2) is 80.1 Å². The normalized spacial score (nSPS) is 10.3. The Labute approximate surface area is 114 Å². The number of hydrogen-bond acceptors (Lipinski definition) is 6. The van der Waals surface area contributed by atoms with Crippen molar-refractivity contribution in [3.8, 4) is 0 Å². The summed E-state index contributed by atoms with van der Waals surface area (Å²) in [4.78, 5) is 23.5. The van der Waals surface area contributed by atoms with E-state index in [2.05, 4.69) is 15.6 Å². The highest BCUT2D eigenvalue weighted by Crippen LogP contribution is 1.93. The van der Waals surface area contributed by atoms with Crippen LogP contribution in [0.5, 0.6) is 0 Å². The van der Waals surface area contributed by atoms with Crippen molar-refractivity contribution in [2.45, 2.75) is 6.54 Å². The van der Waals surface area contributed by atoms with Crippen LogP contribution in [0.1, 0.15) is 10.5 Å². The fourth-order valence-electron chi connectivity index (χ4n) is 1.45. The predicted molar refractivity (Wildman–Crippen MR) is 66.1 cm³/mol. The number of nitrogens with one attached hydrogen (secondary N) is 1. The molecule has 10 heteroatoms. The van der Waals surface area contributed by atoms with Crippen LogP contribution in [0.25, 0.3) is 0 Å². The van der Waals surface area contributed by atoms with Gasteiger partial charge < -0.3 is 25.5 Å². The van der Waals surface area contributed by atoms with Gasteiger partial charge in [-0.05, 0) is 0 Å². The van der Waals surface area contributed by atoms with Crippen molar-refractivity contribution in [2.24, 2.45) is 0 Å². The van der Waals surface area contributed by atoms with Gasteiger partial charge in [0.25, 0.3) is 0 Å². The van der Waals surface area contributed by atoms with Gasteiger partial charge in [-0.25, -0.2) is 14.3 Å². The van der Waals surface area contributed by atoms with E-state index < -0.39 is 12.0 Å². The maximum Gasteiger partial charge on any atom is 0.358 e. The van der Waals surface area contributed by atoms with Crippen LogP contribution in [0, 0.1) is 0 Å². The minimum absolute atomic E-state index is 0.124. The van der Waals surface area contributed by atoms with Gasteiger partial charge in [0, 0.05) is 19.6 Å². The zero-order chi connectivity index (χ0) is 15.0. The van der Waals surface area contributed by atoms with E-state index in [1.165, 1.54) is 15.8 Å². The maximum absolute atomic E-state index is 11.7. The summed E-state index contributed by atoms with van der Waals surface area (Å²) < 4.78 is 1.30. The molecule has 1 aromatic rings. The summed E-state index contributed by atoms with van der Waals surface area (Å²) in [6.45, 7) is 0.335. The fourth-order valence-corrected chi connectivity index (χ4v) is 1.45. The third kappa shape index (κ3) is 4.82. The number of carboxylic acids is 1. The lowest BCUT2D eigenvalue weighted by Gasteiger charge is -2.20. The summed E-state index contributed by atoms with van der Waals surface area (Å²) in [5, 5.41) is 35.8. The lowest BCUT2D eigenvalue weighted by molar-refractivity contribution is 0.0690. The molecule has 0 bridgehead atoms. The molecule has 0 aliphatic rings. The monoisotopic (exact) mass is 287 g/mol. The van der Waals surface area contributed by atoms with Crippen LogP contribution in [-0.2, 0) is 6.54 Å². The third-order valence-corrected chi connectivity index (χ3v) is 2.40. The van der Waals surface area contributed by atoms with E-state index in [1.54, 1.807) is 0 Å². The average Bonchev–Trinajstić information content (AvgIpc) is 2.87. The van der Waals surface area contributed by atoms with Gasteiger partial charge in [-0.2, -0.15) is 0 Å². The standard InChI is InChI=1S/C10H17N5O5/c16-5-3-14(4-6-17)10(20)11-1-2-15-7-8(9(18)19)12-13-15/h7,16-17H,1-6H2,(H,11,20)(H,18,19). The Kier molecular flexibility index (Phi) is 6.40. The zero-order valence-electron chi connectivity index (χ0n) is 10.8. The summed E-state index contributed by atoms with van der Waals surface area (Å²) in [5.74, 6) is -1.17. The van der Waals surface area contributed by atoms with Crippen LogP contribution in [0.2, 0.25) is 0 Å². The number of carbonyl (C=O) groups is 2. The molecule has 1 aromatic heterocycles. The number of aliphatic hydroxyl groups excluding tert-OH is 2. The van der Waals surface area contributed by atoms with Gasteiger partial charge in [-0.3, -0.25) is 0 Å². The van der Waals surface area contributed by atoms with Gasteiger partial charge in [0.1, 0.15) is 0 Å². The van der Waals surface area contributed by atoms with Crippen LogP contribution >= 0.6 is 0 Å². The number of aromatic carboxylic acids is 1. The highest BCUT2D eigenvalue weighted by atomic mass is 16.4. The van der Waals surface area contributed by atoms with E-state index in [4.69, 9.17) is 15.3 Å². The molecule has 0 radical (unpaired) electrons. The molecular weight excluding hydrogens is 270 g/mol. The zero-order valence-corrected chi connectivity index (χ0v) is 10.8. The lowest BCUT2D eigenvalue weighted by atomic mass is 10.5. The first-order valence-corrected chi connectivity index (χ1v) is 5.96. The van der Waals surface area contributed by atoms with Crippen molar-refractivity contribution in [3.63, 3.8) is 0 Å². The Balaban J connectivity index is 2.38. The molecule has 0 aromatic carbocycles. The van der Waals surface area contributed by atoms with Gasteiger partial charge in [0.2, 0.25) is 0 Å². The minimum atomic E-state index is -1.17. The molecule has 112 valence electrons. The number of aromatic nitrogens is 3. The topological polar surface area (TPSA) is 141 Å².